The zero-order valence-corrected chi connectivity index (χ0v) is 11.5. The number of aryl methyl sites for hydroxylation is 1. The standard InChI is InChI=1S/C15H14O4S/c16-20(17,18)15-8-4-2-6-12(15)14-10-9-11-5-1-3-7-13(11)19-14/h1-8,14H,9-10H2,(H,16,17,18). The Labute approximate surface area is 117 Å². The highest BCUT2D eigenvalue weighted by atomic mass is 32.2. The van der Waals surface area contributed by atoms with Gasteiger partial charge in [0.25, 0.3) is 10.1 Å². The molecule has 1 atom stereocenters. The second-order valence-corrected chi connectivity index (χ2v) is 6.16. The fourth-order valence-corrected chi connectivity index (χ4v) is 3.27. The van der Waals surface area contributed by atoms with Gasteiger partial charge in [-0.2, -0.15) is 8.42 Å². The van der Waals surface area contributed by atoms with Crippen LogP contribution in [0.5, 0.6) is 5.75 Å². The van der Waals surface area contributed by atoms with Crippen LogP contribution in [0.1, 0.15) is 23.7 Å². The Morgan fingerprint density at radius 1 is 1.05 bits per heavy atom. The molecule has 4 nitrogen and oxygen atoms in total. The van der Waals surface area contributed by atoms with Crippen molar-refractivity contribution in [2.24, 2.45) is 0 Å². The molecule has 20 heavy (non-hydrogen) atoms. The second-order valence-electron chi connectivity index (χ2n) is 4.77. The molecule has 0 aromatic heterocycles. The molecular weight excluding hydrogens is 276 g/mol. The average Bonchev–Trinajstić information content (AvgIpc) is 2.46. The Morgan fingerprint density at radius 2 is 1.75 bits per heavy atom. The fourth-order valence-electron chi connectivity index (χ4n) is 2.52. The molecule has 5 heteroatoms. The van der Waals surface area contributed by atoms with E-state index in [4.69, 9.17) is 4.74 Å². The van der Waals surface area contributed by atoms with Crippen molar-refractivity contribution >= 4 is 10.1 Å². The molecule has 0 bridgehead atoms. The Morgan fingerprint density at radius 3 is 2.55 bits per heavy atom. The highest BCUT2D eigenvalue weighted by Crippen LogP contribution is 2.36. The van der Waals surface area contributed by atoms with E-state index in [-0.39, 0.29) is 11.0 Å². The molecule has 104 valence electrons. The molecular formula is C15H14O4S. The zero-order chi connectivity index (χ0) is 14.2. The van der Waals surface area contributed by atoms with Gasteiger partial charge in [-0.05, 0) is 30.5 Å². The molecule has 3 rings (SSSR count). The molecule has 1 aliphatic heterocycles. The van der Waals surface area contributed by atoms with Gasteiger partial charge in [0.2, 0.25) is 0 Å². The third-order valence-electron chi connectivity index (χ3n) is 3.46. The van der Waals surface area contributed by atoms with Crippen molar-refractivity contribution in [3.63, 3.8) is 0 Å². The lowest BCUT2D eigenvalue weighted by atomic mass is 9.97. The van der Waals surface area contributed by atoms with Gasteiger partial charge in [-0.15, -0.1) is 0 Å². The number of fused-ring (bicyclic) bond motifs is 1. The first-order chi connectivity index (χ1) is 9.55. The molecule has 2 aromatic rings. The molecule has 2 aromatic carbocycles. The maximum atomic E-state index is 11.4. The summed E-state index contributed by atoms with van der Waals surface area (Å²) in [5, 5.41) is 0. The smallest absolute Gasteiger partial charge is 0.294 e. The van der Waals surface area contributed by atoms with Crippen molar-refractivity contribution in [3.05, 3.63) is 59.7 Å². The zero-order valence-electron chi connectivity index (χ0n) is 10.7. The van der Waals surface area contributed by atoms with Gasteiger partial charge in [0.1, 0.15) is 16.7 Å². The van der Waals surface area contributed by atoms with E-state index in [1.54, 1.807) is 18.2 Å². The monoisotopic (exact) mass is 290 g/mol. The molecule has 1 heterocycles. The van der Waals surface area contributed by atoms with Crippen LogP contribution in [0.15, 0.2) is 53.4 Å². The lowest BCUT2D eigenvalue weighted by Gasteiger charge is -2.27. The van der Waals surface area contributed by atoms with E-state index in [1.165, 1.54) is 6.07 Å². The molecule has 0 spiro atoms. The summed E-state index contributed by atoms with van der Waals surface area (Å²) in [5.74, 6) is 0.772. The highest BCUT2D eigenvalue weighted by molar-refractivity contribution is 7.85. The number of ether oxygens (including phenoxy) is 1. The Hall–Kier alpha value is -1.85. The summed E-state index contributed by atoms with van der Waals surface area (Å²) in [6.45, 7) is 0. The number of rotatable bonds is 2. The molecule has 0 amide bonds. The van der Waals surface area contributed by atoms with E-state index in [0.717, 1.165) is 17.7 Å². The largest absolute Gasteiger partial charge is 0.485 e. The van der Waals surface area contributed by atoms with Crippen LogP contribution >= 0.6 is 0 Å². The van der Waals surface area contributed by atoms with Crippen LogP contribution in [0, 0.1) is 0 Å². The third-order valence-corrected chi connectivity index (χ3v) is 4.39. The van der Waals surface area contributed by atoms with Crippen LogP contribution in [0.2, 0.25) is 0 Å². The van der Waals surface area contributed by atoms with Crippen LogP contribution in [0.25, 0.3) is 0 Å². The molecule has 0 aliphatic carbocycles. The quantitative estimate of drug-likeness (QED) is 0.864. The van der Waals surface area contributed by atoms with Gasteiger partial charge in [0, 0.05) is 5.56 Å². The number of para-hydroxylation sites is 1. The molecule has 1 N–H and O–H groups in total. The van der Waals surface area contributed by atoms with Crippen molar-refractivity contribution in [3.8, 4) is 5.75 Å². The van der Waals surface area contributed by atoms with E-state index < -0.39 is 10.1 Å². The third kappa shape index (κ3) is 2.42. The SMILES string of the molecule is O=S(=O)(O)c1ccccc1C1CCc2ccccc2O1. The van der Waals surface area contributed by atoms with Crippen LogP contribution in [-0.2, 0) is 16.5 Å². The van der Waals surface area contributed by atoms with Gasteiger partial charge in [0.05, 0.1) is 0 Å². The van der Waals surface area contributed by atoms with Gasteiger partial charge >= 0.3 is 0 Å². The van der Waals surface area contributed by atoms with Crippen LogP contribution in [0.4, 0.5) is 0 Å². The minimum Gasteiger partial charge on any atom is -0.485 e. The predicted molar refractivity (Wildman–Crippen MR) is 74.4 cm³/mol. The molecule has 0 radical (unpaired) electrons. The Balaban J connectivity index is 2.01. The van der Waals surface area contributed by atoms with E-state index in [1.807, 2.05) is 24.3 Å². The van der Waals surface area contributed by atoms with Gasteiger partial charge in [-0.3, -0.25) is 4.55 Å². The van der Waals surface area contributed by atoms with E-state index in [2.05, 4.69) is 0 Å². The summed E-state index contributed by atoms with van der Waals surface area (Å²) >= 11 is 0. The number of benzene rings is 2. The molecule has 1 unspecified atom stereocenters. The first kappa shape index (κ1) is 13.1. The summed E-state index contributed by atoms with van der Waals surface area (Å²) in [5.41, 5.74) is 1.62. The van der Waals surface area contributed by atoms with E-state index in [0.29, 0.717) is 12.0 Å². The van der Waals surface area contributed by atoms with Gasteiger partial charge < -0.3 is 4.74 Å². The van der Waals surface area contributed by atoms with Crippen molar-refractivity contribution in [2.75, 3.05) is 0 Å². The lowest BCUT2D eigenvalue weighted by Crippen LogP contribution is -2.17. The van der Waals surface area contributed by atoms with Crippen molar-refractivity contribution in [1.29, 1.82) is 0 Å². The highest BCUT2D eigenvalue weighted by Gasteiger charge is 2.26. The van der Waals surface area contributed by atoms with E-state index in [9.17, 15) is 13.0 Å². The summed E-state index contributed by atoms with van der Waals surface area (Å²) < 4.78 is 38.1. The molecule has 0 fully saturated rings. The van der Waals surface area contributed by atoms with Crippen molar-refractivity contribution in [1.82, 2.24) is 0 Å². The Bertz CT molecular complexity index is 737. The molecule has 0 saturated carbocycles. The average molecular weight is 290 g/mol. The predicted octanol–water partition coefficient (Wildman–Crippen LogP) is 3.00. The normalized spacial score (nSPS) is 18.1. The van der Waals surface area contributed by atoms with Gasteiger partial charge in [0.15, 0.2) is 0 Å². The summed E-state index contributed by atoms with van der Waals surface area (Å²) in [6, 6.07) is 14.1. The topological polar surface area (TPSA) is 63.6 Å². The van der Waals surface area contributed by atoms with E-state index >= 15 is 0 Å². The first-order valence-electron chi connectivity index (χ1n) is 6.37. The lowest BCUT2D eigenvalue weighted by molar-refractivity contribution is 0.173. The maximum Gasteiger partial charge on any atom is 0.294 e. The number of hydrogen-bond donors (Lipinski definition) is 1. The van der Waals surface area contributed by atoms with Crippen LogP contribution in [0.3, 0.4) is 0 Å². The second kappa shape index (κ2) is 4.92. The molecule has 1 aliphatic rings. The van der Waals surface area contributed by atoms with Crippen molar-refractivity contribution in [2.45, 2.75) is 23.8 Å². The fraction of sp³-hybridized carbons (Fsp3) is 0.200. The van der Waals surface area contributed by atoms with Gasteiger partial charge in [-0.25, -0.2) is 0 Å². The summed E-state index contributed by atoms with van der Waals surface area (Å²) in [6.07, 6.45) is 1.15. The van der Waals surface area contributed by atoms with Crippen LogP contribution < -0.4 is 4.74 Å². The minimum absolute atomic E-state index is 0.0793. The van der Waals surface area contributed by atoms with Crippen molar-refractivity contribution < 1.29 is 17.7 Å². The maximum absolute atomic E-state index is 11.4. The Kier molecular flexibility index (Phi) is 3.23. The first-order valence-corrected chi connectivity index (χ1v) is 7.81. The van der Waals surface area contributed by atoms with Crippen LogP contribution in [-0.4, -0.2) is 13.0 Å². The minimum atomic E-state index is -4.24. The molecule has 0 saturated heterocycles. The van der Waals surface area contributed by atoms with Gasteiger partial charge in [-0.1, -0.05) is 36.4 Å². The number of hydrogen-bond acceptors (Lipinski definition) is 3. The summed E-state index contributed by atoms with van der Waals surface area (Å²) in [4.78, 5) is -0.0793. The summed E-state index contributed by atoms with van der Waals surface area (Å²) in [7, 11) is -4.24.